The van der Waals surface area contributed by atoms with Crippen LogP contribution in [0, 0.1) is 0 Å². The summed E-state index contributed by atoms with van der Waals surface area (Å²) in [4.78, 5) is 2.16. The van der Waals surface area contributed by atoms with Crippen LogP contribution in [0.5, 0.6) is 0 Å². The third-order valence-electron chi connectivity index (χ3n) is 1.62. The first-order chi connectivity index (χ1) is 5.56. The van der Waals surface area contributed by atoms with Crippen molar-refractivity contribution in [3.05, 3.63) is 0 Å². The maximum Gasteiger partial charge on any atom is 0.0635 e. The Kier molecular flexibility index (Phi) is 6.34. The van der Waals surface area contributed by atoms with Crippen LogP contribution in [0.3, 0.4) is 0 Å². The van der Waals surface area contributed by atoms with Gasteiger partial charge in [-0.1, -0.05) is 0 Å². The Morgan fingerprint density at radius 1 is 1.33 bits per heavy atom. The molecule has 3 heteroatoms. The Morgan fingerprint density at radius 2 is 1.92 bits per heavy atom. The van der Waals surface area contributed by atoms with Crippen LogP contribution in [0.2, 0.25) is 0 Å². The van der Waals surface area contributed by atoms with Gasteiger partial charge in [-0.25, -0.2) is 0 Å². The smallest absolute Gasteiger partial charge is 0.0635 e. The van der Waals surface area contributed by atoms with Crippen molar-refractivity contribution >= 4 is 0 Å². The summed E-state index contributed by atoms with van der Waals surface area (Å²) in [5.74, 6) is 0. The van der Waals surface area contributed by atoms with Crippen molar-refractivity contribution in [1.29, 1.82) is 0 Å². The topological polar surface area (TPSA) is 24.5 Å². The van der Waals surface area contributed by atoms with Gasteiger partial charge in [0.15, 0.2) is 0 Å². The van der Waals surface area contributed by atoms with Crippen molar-refractivity contribution in [3.63, 3.8) is 0 Å². The minimum Gasteiger partial charge on any atom is -0.377 e. The predicted octanol–water partition coefficient (Wildman–Crippen LogP) is 0.561. The second-order valence-electron chi connectivity index (χ2n) is 3.63. The number of hydrogen-bond acceptors (Lipinski definition) is 3. The average molecular weight is 174 g/mol. The molecule has 1 N–H and O–H groups in total. The predicted molar refractivity (Wildman–Crippen MR) is 52.5 cm³/mol. The number of nitrogens with one attached hydrogen (secondary N) is 1. The Labute approximate surface area is 76.1 Å². The molecule has 0 aromatic heterocycles. The molecule has 0 radical (unpaired) electrons. The molecule has 0 aliphatic heterocycles. The van der Waals surface area contributed by atoms with Crippen LogP contribution in [0.15, 0.2) is 0 Å². The third kappa shape index (κ3) is 6.58. The number of rotatable bonds is 6. The van der Waals surface area contributed by atoms with Crippen molar-refractivity contribution in [2.45, 2.75) is 26.0 Å². The van der Waals surface area contributed by atoms with Gasteiger partial charge in [-0.3, -0.25) is 0 Å². The Morgan fingerprint density at radius 3 is 2.25 bits per heavy atom. The molecule has 0 aromatic carbocycles. The first kappa shape index (κ1) is 11.9. The molecule has 74 valence electrons. The van der Waals surface area contributed by atoms with Crippen molar-refractivity contribution < 1.29 is 4.74 Å². The van der Waals surface area contributed by atoms with Crippen molar-refractivity contribution in [2.75, 3.05) is 34.3 Å². The third-order valence-corrected chi connectivity index (χ3v) is 1.62. The zero-order chi connectivity index (χ0) is 9.56. The molecule has 0 amide bonds. The largest absolute Gasteiger partial charge is 0.377 e. The highest BCUT2D eigenvalue weighted by atomic mass is 16.5. The van der Waals surface area contributed by atoms with Crippen LogP contribution in [0.1, 0.15) is 13.8 Å². The molecule has 1 unspecified atom stereocenters. The minimum absolute atomic E-state index is 0.322. The van der Waals surface area contributed by atoms with Gasteiger partial charge in [-0.05, 0) is 35.0 Å². The lowest BCUT2D eigenvalue weighted by Crippen LogP contribution is -2.40. The molecule has 0 aromatic rings. The van der Waals surface area contributed by atoms with E-state index in [1.807, 2.05) is 7.05 Å². The molecule has 0 aliphatic rings. The fourth-order valence-electron chi connectivity index (χ4n) is 0.977. The summed E-state index contributed by atoms with van der Waals surface area (Å²) in [5.41, 5.74) is 0. The fraction of sp³-hybridized carbons (Fsp3) is 1.00. The summed E-state index contributed by atoms with van der Waals surface area (Å²) >= 11 is 0. The van der Waals surface area contributed by atoms with Gasteiger partial charge in [0.1, 0.15) is 0 Å². The molecule has 3 nitrogen and oxygen atoms in total. The molecule has 0 saturated carbocycles. The highest BCUT2D eigenvalue weighted by molar-refractivity contribution is 4.66. The van der Waals surface area contributed by atoms with Crippen LogP contribution < -0.4 is 5.32 Å². The molecule has 1 atom stereocenters. The second-order valence-corrected chi connectivity index (χ2v) is 3.63. The molecule has 0 fully saturated rings. The highest BCUT2D eigenvalue weighted by Gasteiger charge is 2.07. The van der Waals surface area contributed by atoms with Crippen molar-refractivity contribution in [3.8, 4) is 0 Å². The van der Waals surface area contributed by atoms with E-state index in [1.165, 1.54) is 0 Å². The summed E-state index contributed by atoms with van der Waals surface area (Å²) < 4.78 is 5.51. The van der Waals surface area contributed by atoms with Crippen LogP contribution in [0.25, 0.3) is 0 Å². The van der Waals surface area contributed by atoms with Crippen LogP contribution >= 0.6 is 0 Å². The molecule has 0 heterocycles. The molecular weight excluding hydrogens is 152 g/mol. The summed E-state index contributed by atoms with van der Waals surface area (Å²) in [6.07, 6.45) is 0.322. The lowest BCUT2D eigenvalue weighted by atomic mass is 10.3. The van der Waals surface area contributed by atoms with Gasteiger partial charge >= 0.3 is 0 Å². The fourth-order valence-corrected chi connectivity index (χ4v) is 0.977. The summed E-state index contributed by atoms with van der Waals surface area (Å²) in [6, 6.07) is 0.433. The molecule has 0 saturated heterocycles. The van der Waals surface area contributed by atoms with E-state index in [9.17, 15) is 0 Å². The van der Waals surface area contributed by atoms with Crippen LogP contribution in [-0.2, 0) is 4.74 Å². The molecular formula is C9H22N2O. The van der Waals surface area contributed by atoms with E-state index in [-0.39, 0.29) is 0 Å². The van der Waals surface area contributed by atoms with Gasteiger partial charge in [0.25, 0.3) is 0 Å². The molecule has 0 rings (SSSR count). The van der Waals surface area contributed by atoms with E-state index in [0.29, 0.717) is 12.1 Å². The van der Waals surface area contributed by atoms with Crippen LogP contribution in [-0.4, -0.2) is 51.3 Å². The lowest BCUT2D eigenvalue weighted by molar-refractivity contribution is 0.0574. The standard InChI is InChI=1S/C9H22N2O/c1-8(2)12-7-9(10-3)6-11(4)5/h8-10H,6-7H2,1-5H3. The van der Waals surface area contributed by atoms with E-state index in [4.69, 9.17) is 4.74 Å². The molecule has 0 spiro atoms. The van der Waals surface area contributed by atoms with Gasteiger partial charge in [0.2, 0.25) is 0 Å². The zero-order valence-corrected chi connectivity index (χ0v) is 8.92. The van der Waals surface area contributed by atoms with Crippen molar-refractivity contribution in [2.24, 2.45) is 0 Å². The van der Waals surface area contributed by atoms with Gasteiger partial charge in [0.05, 0.1) is 12.7 Å². The first-order valence-electron chi connectivity index (χ1n) is 4.49. The van der Waals surface area contributed by atoms with E-state index >= 15 is 0 Å². The van der Waals surface area contributed by atoms with E-state index in [2.05, 4.69) is 38.2 Å². The average Bonchev–Trinajstić information content (AvgIpc) is 1.97. The molecule has 12 heavy (non-hydrogen) atoms. The number of nitrogens with zero attached hydrogens (tertiary/aromatic N) is 1. The monoisotopic (exact) mass is 174 g/mol. The quantitative estimate of drug-likeness (QED) is 0.637. The van der Waals surface area contributed by atoms with Gasteiger partial charge in [0, 0.05) is 12.6 Å². The highest BCUT2D eigenvalue weighted by Crippen LogP contribution is 1.92. The van der Waals surface area contributed by atoms with Gasteiger partial charge in [-0.15, -0.1) is 0 Å². The summed E-state index contributed by atoms with van der Waals surface area (Å²) in [5, 5.41) is 3.22. The summed E-state index contributed by atoms with van der Waals surface area (Å²) in [7, 11) is 6.11. The summed E-state index contributed by atoms with van der Waals surface area (Å²) in [6.45, 7) is 5.92. The number of likely N-dealkylation sites (N-methyl/N-ethyl adjacent to an activating group) is 2. The number of hydrogen-bond donors (Lipinski definition) is 1. The maximum absolute atomic E-state index is 5.51. The molecule has 0 aliphatic carbocycles. The number of ether oxygens (including phenoxy) is 1. The van der Waals surface area contributed by atoms with E-state index < -0.39 is 0 Å². The zero-order valence-electron chi connectivity index (χ0n) is 8.92. The van der Waals surface area contributed by atoms with Crippen molar-refractivity contribution in [1.82, 2.24) is 10.2 Å². The normalized spacial score (nSPS) is 14.2. The maximum atomic E-state index is 5.51. The van der Waals surface area contributed by atoms with Gasteiger partial charge in [-0.2, -0.15) is 0 Å². The van der Waals surface area contributed by atoms with Gasteiger partial charge < -0.3 is 15.0 Å². The Balaban J connectivity index is 3.53. The first-order valence-corrected chi connectivity index (χ1v) is 4.49. The lowest BCUT2D eigenvalue weighted by Gasteiger charge is -2.21. The Hall–Kier alpha value is -0.120. The van der Waals surface area contributed by atoms with E-state index in [0.717, 1.165) is 13.2 Å². The SMILES string of the molecule is CNC(COC(C)C)CN(C)C. The minimum atomic E-state index is 0.322. The second kappa shape index (κ2) is 6.40. The van der Waals surface area contributed by atoms with E-state index in [1.54, 1.807) is 0 Å². The Bertz CT molecular complexity index is 105. The molecule has 0 bridgehead atoms. The van der Waals surface area contributed by atoms with Crippen LogP contribution in [0.4, 0.5) is 0 Å².